The Kier molecular flexibility index (Phi) is 3.83. The molecule has 2 aromatic rings. The highest BCUT2D eigenvalue weighted by molar-refractivity contribution is 7.11. The number of carboxylic acids is 1. The lowest BCUT2D eigenvalue weighted by molar-refractivity contribution is 0.0691. The zero-order valence-corrected chi connectivity index (χ0v) is 10.6. The minimum absolute atomic E-state index is 0.0789. The van der Waals surface area contributed by atoms with Gasteiger partial charge < -0.3 is 10.4 Å². The molecule has 6 nitrogen and oxygen atoms in total. The van der Waals surface area contributed by atoms with Crippen LogP contribution in [-0.2, 0) is 13.0 Å². The molecular weight excluding hydrogens is 252 g/mol. The molecule has 0 aliphatic heterocycles. The number of nitrogens with one attached hydrogen (secondary N) is 1. The highest BCUT2D eigenvalue weighted by Gasteiger charge is 2.12. The second-order valence-electron chi connectivity index (χ2n) is 3.49. The maximum Gasteiger partial charge on any atom is 0.358 e. The minimum atomic E-state index is -1.10. The number of aromatic nitrogens is 3. The monoisotopic (exact) mass is 264 g/mol. The van der Waals surface area contributed by atoms with E-state index >= 15 is 0 Å². The Morgan fingerprint density at radius 1 is 1.39 bits per heavy atom. The van der Waals surface area contributed by atoms with Crippen molar-refractivity contribution in [3.63, 3.8) is 0 Å². The van der Waals surface area contributed by atoms with Crippen molar-refractivity contribution in [3.8, 4) is 0 Å². The molecule has 0 aliphatic rings. The van der Waals surface area contributed by atoms with Crippen molar-refractivity contribution in [1.82, 2.24) is 15.0 Å². The first-order valence-electron chi connectivity index (χ1n) is 5.42. The first-order chi connectivity index (χ1) is 8.70. The Labute approximate surface area is 108 Å². The van der Waals surface area contributed by atoms with Gasteiger partial charge in [0.1, 0.15) is 5.01 Å². The van der Waals surface area contributed by atoms with Crippen LogP contribution in [0.15, 0.2) is 18.6 Å². The molecule has 0 bridgehead atoms. The summed E-state index contributed by atoms with van der Waals surface area (Å²) in [5.74, 6) is -0.836. The van der Waals surface area contributed by atoms with E-state index in [2.05, 4.69) is 27.2 Å². The van der Waals surface area contributed by atoms with Gasteiger partial charge in [0.2, 0.25) is 0 Å². The number of carboxylic acid groups (broad SMARTS) is 1. The van der Waals surface area contributed by atoms with Gasteiger partial charge in [0.05, 0.1) is 6.54 Å². The predicted molar refractivity (Wildman–Crippen MR) is 67.8 cm³/mol. The van der Waals surface area contributed by atoms with Crippen LogP contribution in [-0.4, -0.2) is 26.0 Å². The molecule has 0 aliphatic carbocycles. The van der Waals surface area contributed by atoms with Gasteiger partial charge in [-0.25, -0.2) is 19.7 Å². The number of hydrogen-bond donors (Lipinski definition) is 2. The summed E-state index contributed by atoms with van der Waals surface area (Å²) in [5, 5.41) is 12.8. The molecule has 2 rings (SSSR count). The molecule has 0 atom stereocenters. The average Bonchev–Trinajstić information content (AvgIpc) is 2.84. The average molecular weight is 264 g/mol. The summed E-state index contributed by atoms with van der Waals surface area (Å²) in [6, 6.07) is 0. The fourth-order valence-electron chi connectivity index (χ4n) is 1.38. The quantitative estimate of drug-likeness (QED) is 0.856. The van der Waals surface area contributed by atoms with Crippen molar-refractivity contribution in [1.29, 1.82) is 0 Å². The second-order valence-corrected chi connectivity index (χ2v) is 4.69. The number of rotatable bonds is 5. The maximum absolute atomic E-state index is 10.9. The Bertz CT molecular complexity index is 555. The molecule has 0 fully saturated rings. The van der Waals surface area contributed by atoms with Crippen molar-refractivity contribution in [2.75, 3.05) is 5.32 Å². The van der Waals surface area contributed by atoms with E-state index in [4.69, 9.17) is 5.11 Å². The van der Waals surface area contributed by atoms with E-state index in [1.165, 1.54) is 17.3 Å². The molecule has 2 heterocycles. The number of aromatic carboxylic acids is 1. The van der Waals surface area contributed by atoms with Crippen LogP contribution in [0.5, 0.6) is 0 Å². The van der Waals surface area contributed by atoms with Crippen LogP contribution < -0.4 is 5.32 Å². The van der Waals surface area contributed by atoms with Crippen LogP contribution in [0.3, 0.4) is 0 Å². The molecule has 7 heteroatoms. The predicted octanol–water partition coefficient (Wildman–Crippen LogP) is 1.81. The molecule has 0 radical (unpaired) electrons. The first-order valence-corrected chi connectivity index (χ1v) is 6.24. The van der Waals surface area contributed by atoms with Gasteiger partial charge in [0, 0.05) is 23.5 Å². The largest absolute Gasteiger partial charge is 0.476 e. The smallest absolute Gasteiger partial charge is 0.358 e. The minimum Gasteiger partial charge on any atom is -0.476 e. The van der Waals surface area contributed by atoms with Crippen molar-refractivity contribution in [3.05, 3.63) is 34.2 Å². The first kappa shape index (κ1) is 12.4. The number of carbonyl (C=O) groups is 1. The van der Waals surface area contributed by atoms with Gasteiger partial charge in [0.25, 0.3) is 0 Å². The Morgan fingerprint density at radius 3 is 2.83 bits per heavy atom. The number of aryl methyl sites for hydroxylation is 1. The Morgan fingerprint density at radius 2 is 2.17 bits per heavy atom. The highest BCUT2D eigenvalue weighted by atomic mass is 32.1. The van der Waals surface area contributed by atoms with Crippen LogP contribution >= 0.6 is 11.3 Å². The van der Waals surface area contributed by atoms with Gasteiger partial charge >= 0.3 is 5.97 Å². The Balaban J connectivity index is 2.08. The topological polar surface area (TPSA) is 88.0 Å². The summed E-state index contributed by atoms with van der Waals surface area (Å²) in [6.45, 7) is 2.51. The number of thiazole rings is 1. The van der Waals surface area contributed by atoms with E-state index in [1.54, 1.807) is 11.3 Å². The standard InChI is InChI=1S/C11H12N4O2S/c1-2-7-5-14-8(18-7)6-15-10-9(11(16)17)12-3-4-13-10/h3-5H,2,6H2,1H3,(H,13,15)(H,16,17). The molecule has 2 aromatic heterocycles. The van der Waals surface area contributed by atoms with E-state index < -0.39 is 5.97 Å². The molecule has 0 amide bonds. The summed E-state index contributed by atoms with van der Waals surface area (Å²) < 4.78 is 0. The van der Waals surface area contributed by atoms with Crippen molar-refractivity contribution >= 4 is 23.1 Å². The molecule has 0 unspecified atom stereocenters. The molecule has 0 aromatic carbocycles. The van der Waals surface area contributed by atoms with Crippen molar-refractivity contribution in [2.24, 2.45) is 0 Å². The molecule has 2 N–H and O–H groups in total. The van der Waals surface area contributed by atoms with Crippen molar-refractivity contribution < 1.29 is 9.90 Å². The van der Waals surface area contributed by atoms with Crippen LogP contribution in [0.4, 0.5) is 5.82 Å². The van der Waals surface area contributed by atoms with Crippen LogP contribution in [0.1, 0.15) is 27.3 Å². The lowest BCUT2D eigenvalue weighted by Gasteiger charge is -2.05. The third-order valence-electron chi connectivity index (χ3n) is 2.26. The van der Waals surface area contributed by atoms with Gasteiger partial charge in [-0.15, -0.1) is 11.3 Å². The summed E-state index contributed by atoms with van der Waals surface area (Å²) in [7, 11) is 0. The summed E-state index contributed by atoms with van der Waals surface area (Å²) in [5.41, 5.74) is -0.0789. The highest BCUT2D eigenvalue weighted by Crippen LogP contribution is 2.15. The molecule has 0 saturated heterocycles. The summed E-state index contributed by atoms with van der Waals surface area (Å²) >= 11 is 1.60. The van der Waals surface area contributed by atoms with Crippen LogP contribution in [0.2, 0.25) is 0 Å². The third-order valence-corrected chi connectivity index (χ3v) is 3.40. The number of anilines is 1. The molecule has 18 heavy (non-hydrogen) atoms. The SMILES string of the molecule is CCc1cnc(CNc2nccnc2C(=O)O)s1. The Hall–Kier alpha value is -2.02. The normalized spacial score (nSPS) is 10.3. The van der Waals surface area contributed by atoms with E-state index in [1.807, 2.05) is 6.20 Å². The summed E-state index contributed by atoms with van der Waals surface area (Å²) in [6.07, 6.45) is 5.58. The van der Waals surface area contributed by atoms with Gasteiger partial charge in [-0.3, -0.25) is 0 Å². The van der Waals surface area contributed by atoms with E-state index in [9.17, 15) is 4.79 Å². The molecule has 94 valence electrons. The summed E-state index contributed by atoms with van der Waals surface area (Å²) in [4.78, 5) is 24.1. The second kappa shape index (κ2) is 5.54. The zero-order valence-electron chi connectivity index (χ0n) is 9.75. The van der Waals surface area contributed by atoms with Gasteiger partial charge in [-0.2, -0.15) is 0 Å². The maximum atomic E-state index is 10.9. The fraction of sp³-hybridized carbons (Fsp3) is 0.273. The number of nitrogens with zero attached hydrogens (tertiary/aromatic N) is 3. The zero-order chi connectivity index (χ0) is 13.0. The van der Waals surface area contributed by atoms with Crippen molar-refractivity contribution in [2.45, 2.75) is 19.9 Å². The fourth-order valence-corrected chi connectivity index (χ4v) is 2.18. The van der Waals surface area contributed by atoms with Gasteiger partial charge in [-0.1, -0.05) is 6.92 Å². The third kappa shape index (κ3) is 2.80. The van der Waals surface area contributed by atoms with E-state index in [0.717, 1.165) is 11.4 Å². The van der Waals surface area contributed by atoms with Gasteiger partial charge in [0.15, 0.2) is 11.5 Å². The van der Waals surface area contributed by atoms with Gasteiger partial charge in [-0.05, 0) is 6.42 Å². The number of hydrogen-bond acceptors (Lipinski definition) is 6. The molecule has 0 saturated carbocycles. The van der Waals surface area contributed by atoms with E-state index in [0.29, 0.717) is 6.54 Å². The lowest BCUT2D eigenvalue weighted by atomic mass is 10.4. The van der Waals surface area contributed by atoms with Crippen LogP contribution in [0.25, 0.3) is 0 Å². The molecular formula is C11H12N4O2S. The van der Waals surface area contributed by atoms with E-state index in [-0.39, 0.29) is 11.5 Å². The lowest BCUT2D eigenvalue weighted by Crippen LogP contribution is -2.09. The molecule has 0 spiro atoms. The van der Waals surface area contributed by atoms with Crippen LogP contribution in [0, 0.1) is 0 Å².